The molecule has 1 atom stereocenters. The maximum absolute atomic E-state index is 11.6. The second-order valence-electron chi connectivity index (χ2n) is 4.89. The average Bonchev–Trinajstić information content (AvgIpc) is 2.14. The maximum Gasteiger partial charge on any atom is 0.248 e. The molecule has 1 heterocycles. The molecule has 0 aliphatic rings. The van der Waals surface area contributed by atoms with Crippen LogP contribution >= 0.6 is 0 Å². The van der Waals surface area contributed by atoms with E-state index in [9.17, 15) is 9.35 Å². The van der Waals surface area contributed by atoms with Gasteiger partial charge in [-0.25, -0.2) is 0 Å². The summed E-state index contributed by atoms with van der Waals surface area (Å²) in [4.78, 5) is 13.9. The minimum absolute atomic E-state index is 0.120. The Labute approximate surface area is 104 Å². The van der Waals surface area contributed by atoms with Gasteiger partial charge in [-0.15, -0.1) is 0 Å². The first-order valence-electron chi connectivity index (χ1n) is 5.43. The highest BCUT2D eigenvalue weighted by atomic mass is 32.2. The van der Waals surface area contributed by atoms with E-state index >= 15 is 0 Å². The highest BCUT2D eigenvalue weighted by Crippen LogP contribution is 2.16. The Hall–Kier alpha value is -1.07. The number of aromatic nitrogens is 1. The molecule has 1 aromatic rings. The summed E-state index contributed by atoms with van der Waals surface area (Å²) in [5.74, 6) is 0. The van der Waals surface area contributed by atoms with E-state index in [2.05, 4.69) is 9.38 Å². The standard InChI is InChI=1S/C12H18N2O2S/c1-9-7-10(8-11(15)14-9)5-6-13-17(16)12(2,3)4/h6-8H,5H2,1-4H3,(H,14,15). The van der Waals surface area contributed by atoms with Crippen LogP contribution in [0.5, 0.6) is 0 Å². The van der Waals surface area contributed by atoms with Gasteiger partial charge in [0.25, 0.3) is 0 Å². The van der Waals surface area contributed by atoms with E-state index in [1.54, 1.807) is 6.21 Å². The Kier molecular flexibility index (Phi) is 4.54. The van der Waals surface area contributed by atoms with Crippen LogP contribution in [0.1, 0.15) is 32.0 Å². The lowest BCUT2D eigenvalue weighted by Gasteiger charge is -2.17. The van der Waals surface area contributed by atoms with Crippen LogP contribution in [0.4, 0.5) is 0 Å². The third-order valence-corrected chi connectivity index (χ3v) is 3.45. The fraction of sp³-hybridized carbons (Fsp3) is 0.500. The molecule has 1 aromatic heterocycles. The summed E-state index contributed by atoms with van der Waals surface area (Å²) in [5.41, 5.74) is 1.57. The molecule has 1 N–H and O–H groups in total. The number of nitrogens with one attached hydrogen (secondary N) is 1. The van der Waals surface area contributed by atoms with Crippen molar-refractivity contribution in [3.05, 3.63) is 33.7 Å². The van der Waals surface area contributed by atoms with Gasteiger partial charge in [-0.3, -0.25) is 4.79 Å². The van der Waals surface area contributed by atoms with Crippen molar-refractivity contribution >= 4 is 17.6 Å². The fourth-order valence-corrected chi connectivity index (χ4v) is 1.77. The summed E-state index contributed by atoms with van der Waals surface area (Å²) in [5, 5.41) is 0. The highest BCUT2D eigenvalue weighted by molar-refractivity contribution is 7.91. The third-order valence-electron chi connectivity index (χ3n) is 2.06. The van der Waals surface area contributed by atoms with E-state index in [-0.39, 0.29) is 10.3 Å². The van der Waals surface area contributed by atoms with E-state index < -0.39 is 11.4 Å². The van der Waals surface area contributed by atoms with Crippen molar-refractivity contribution in [1.29, 1.82) is 0 Å². The van der Waals surface area contributed by atoms with Crippen molar-refractivity contribution in [1.82, 2.24) is 4.98 Å². The van der Waals surface area contributed by atoms with Crippen LogP contribution < -0.4 is 5.56 Å². The summed E-state index contributed by atoms with van der Waals surface area (Å²) in [6, 6.07) is 3.41. The van der Waals surface area contributed by atoms with E-state index in [0.717, 1.165) is 11.3 Å². The summed E-state index contributed by atoms with van der Waals surface area (Å²) in [6.07, 6.45) is 2.13. The van der Waals surface area contributed by atoms with Crippen LogP contribution in [-0.4, -0.2) is 20.5 Å². The minimum Gasteiger partial charge on any atom is -0.591 e. The quantitative estimate of drug-likeness (QED) is 0.659. The minimum atomic E-state index is -1.24. The van der Waals surface area contributed by atoms with Gasteiger partial charge in [0, 0.05) is 18.2 Å². The van der Waals surface area contributed by atoms with E-state index in [1.807, 2.05) is 33.8 Å². The van der Waals surface area contributed by atoms with Gasteiger partial charge in [-0.05, 0) is 39.3 Å². The lowest BCUT2D eigenvalue weighted by atomic mass is 10.2. The zero-order valence-electron chi connectivity index (χ0n) is 10.6. The molecule has 17 heavy (non-hydrogen) atoms. The van der Waals surface area contributed by atoms with Crippen molar-refractivity contribution in [3.8, 4) is 0 Å². The first-order valence-corrected chi connectivity index (χ1v) is 6.54. The fourth-order valence-electron chi connectivity index (χ4n) is 1.24. The van der Waals surface area contributed by atoms with Crippen molar-refractivity contribution in [2.45, 2.75) is 38.9 Å². The number of H-pyrrole nitrogens is 1. The molecule has 0 aliphatic heterocycles. The molecule has 0 amide bonds. The summed E-state index contributed by atoms with van der Waals surface area (Å²) in [6.45, 7) is 7.45. The SMILES string of the molecule is Cc1cc(CC=N[S+]([O-])C(C)(C)C)cc(=O)[nH]1. The molecule has 0 bridgehead atoms. The molecule has 5 heteroatoms. The maximum atomic E-state index is 11.6. The number of nitrogens with zero attached hydrogens (tertiary/aromatic N) is 1. The lowest BCUT2D eigenvalue weighted by molar-refractivity contribution is 0.561. The molecular formula is C12H18N2O2S. The van der Waals surface area contributed by atoms with Crippen molar-refractivity contribution in [3.63, 3.8) is 0 Å². The molecule has 94 valence electrons. The van der Waals surface area contributed by atoms with Gasteiger partial charge < -0.3 is 9.54 Å². The molecule has 0 aliphatic carbocycles. The van der Waals surface area contributed by atoms with Crippen molar-refractivity contribution in [2.24, 2.45) is 4.40 Å². The van der Waals surface area contributed by atoms with E-state index in [1.165, 1.54) is 6.07 Å². The molecular weight excluding hydrogens is 236 g/mol. The summed E-state index contributed by atoms with van der Waals surface area (Å²) in [7, 11) is 0. The zero-order valence-corrected chi connectivity index (χ0v) is 11.4. The monoisotopic (exact) mass is 254 g/mol. The van der Waals surface area contributed by atoms with Crippen LogP contribution in [0.3, 0.4) is 0 Å². The lowest BCUT2D eigenvalue weighted by Crippen LogP contribution is -2.25. The van der Waals surface area contributed by atoms with Gasteiger partial charge >= 0.3 is 0 Å². The van der Waals surface area contributed by atoms with E-state index in [0.29, 0.717) is 6.42 Å². The Morgan fingerprint density at radius 2 is 2.12 bits per heavy atom. The third kappa shape index (κ3) is 4.75. The predicted octanol–water partition coefficient (Wildman–Crippen LogP) is 1.76. The number of aryl methyl sites for hydroxylation is 1. The Morgan fingerprint density at radius 3 is 2.65 bits per heavy atom. The highest BCUT2D eigenvalue weighted by Gasteiger charge is 2.25. The molecule has 0 aromatic carbocycles. The van der Waals surface area contributed by atoms with Crippen LogP contribution in [0.2, 0.25) is 0 Å². The summed E-state index contributed by atoms with van der Waals surface area (Å²) >= 11 is -1.24. The van der Waals surface area contributed by atoms with Gasteiger partial charge in [0.2, 0.25) is 5.56 Å². The molecule has 0 fully saturated rings. The largest absolute Gasteiger partial charge is 0.591 e. The van der Waals surface area contributed by atoms with Crippen LogP contribution in [0.25, 0.3) is 0 Å². The number of hydrogen-bond acceptors (Lipinski definition) is 3. The Morgan fingerprint density at radius 1 is 1.47 bits per heavy atom. The second kappa shape index (κ2) is 5.51. The van der Waals surface area contributed by atoms with Gasteiger partial charge in [0.1, 0.15) is 16.1 Å². The molecule has 1 rings (SSSR count). The number of pyridine rings is 1. The van der Waals surface area contributed by atoms with Crippen LogP contribution in [0, 0.1) is 6.92 Å². The van der Waals surface area contributed by atoms with Gasteiger partial charge in [-0.2, -0.15) is 0 Å². The van der Waals surface area contributed by atoms with Crippen LogP contribution in [0.15, 0.2) is 21.3 Å². The van der Waals surface area contributed by atoms with Crippen LogP contribution in [-0.2, 0) is 17.8 Å². The number of hydrogen-bond donors (Lipinski definition) is 1. The number of aromatic amines is 1. The van der Waals surface area contributed by atoms with Crippen molar-refractivity contribution in [2.75, 3.05) is 0 Å². The summed E-state index contributed by atoms with van der Waals surface area (Å²) < 4.78 is 15.3. The Balaban J connectivity index is 2.68. The average molecular weight is 254 g/mol. The first-order chi connectivity index (χ1) is 7.79. The second-order valence-corrected chi connectivity index (χ2v) is 6.82. The number of rotatable bonds is 3. The molecule has 0 saturated heterocycles. The molecule has 4 nitrogen and oxygen atoms in total. The molecule has 0 spiro atoms. The zero-order chi connectivity index (χ0) is 13.1. The van der Waals surface area contributed by atoms with Gasteiger partial charge in [0.15, 0.2) is 0 Å². The molecule has 0 radical (unpaired) electrons. The van der Waals surface area contributed by atoms with Gasteiger partial charge in [0.05, 0.1) is 6.21 Å². The smallest absolute Gasteiger partial charge is 0.248 e. The van der Waals surface area contributed by atoms with Gasteiger partial charge in [-0.1, -0.05) is 4.40 Å². The van der Waals surface area contributed by atoms with Crippen molar-refractivity contribution < 1.29 is 4.55 Å². The molecule has 1 unspecified atom stereocenters. The molecule has 0 saturated carbocycles. The normalized spacial score (nSPS) is 14.2. The van der Waals surface area contributed by atoms with E-state index in [4.69, 9.17) is 0 Å². The first kappa shape index (κ1) is 14.0. The predicted molar refractivity (Wildman–Crippen MR) is 71.9 cm³/mol. The Bertz CT molecular complexity index is 460. The topological polar surface area (TPSA) is 68.3 Å².